The van der Waals surface area contributed by atoms with Crippen LogP contribution in [0.15, 0.2) is 30.3 Å². The van der Waals surface area contributed by atoms with Gasteiger partial charge in [0.2, 0.25) is 12.1 Å². The minimum Gasteiger partial charge on any atom is -0.507 e. The summed E-state index contributed by atoms with van der Waals surface area (Å²) in [6, 6.07) is 7.18. The average Bonchev–Trinajstić information content (AvgIpc) is 2.71. The monoisotopic (exact) mass is 416 g/mol. The highest BCUT2D eigenvalue weighted by molar-refractivity contribution is 6.30. The highest BCUT2D eigenvalue weighted by Crippen LogP contribution is 2.38. The van der Waals surface area contributed by atoms with Crippen molar-refractivity contribution < 1.29 is 44.6 Å². The highest BCUT2D eigenvalue weighted by Gasteiger charge is 2.45. The summed E-state index contributed by atoms with van der Waals surface area (Å²) in [6.45, 7) is 1.04. The summed E-state index contributed by atoms with van der Waals surface area (Å²) in [7, 11) is 0. The number of aliphatic hydroxyl groups excluding tert-OH is 4. The predicted octanol–water partition coefficient (Wildman–Crippen LogP) is -0.345. The van der Waals surface area contributed by atoms with Crippen LogP contribution in [0.3, 0.4) is 0 Å². The van der Waals surface area contributed by atoms with Crippen LogP contribution in [0.4, 0.5) is 0 Å². The molecule has 2 aromatic rings. The fraction of sp³-hybridized carbons (Fsp3) is 0.333. The molecule has 5 atom stereocenters. The summed E-state index contributed by atoms with van der Waals surface area (Å²) in [4.78, 5) is 26.1. The first kappa shape index (κ1) is 20.5. The molecule has 1 aliphatic carbocycles. The Morgan fingerprint density at radius 1 is 0.967 bits per heavy atom. The van der Waals surface area contributed by atoms with Crippen molar-refractivity contribution >= 4 is 11.6 Å². The molecule has 1 fully saturated rings. The second kappa shape index (κ2) is 7.46. The fourth-order valence-electron chi connectivity index (χ4n) is 3.80. The van der Waals surface area contributed by atoms with Crippen LogP contribution in [0, 0.1) is 6.92 Å². The minimum absolute atomic E-state index is 0.0552. The number of carbonyl (C=O) groups is 2. The van der Waals surface area contributed by atoms with Gasteiger partial charge in [0.15, 0.2) is 5.78 Å². The quantitative estimate of drug-likeness (QED) is 0.386. The van der Waals surface area contributed by atoms with Gasteiger partial charge in [0.1, 0.15) is 35.9 Å². The molecule has 4 rings (SSSR count). The van der Waals surface area contributed by atoms with Gasteiger partial charge in [0.05, 0.1) is 17.7 Å². The zero-order chi connectivity index (χ0) is 21.7. The van der Waals surface area contributed by atoms with E-state index in [1.807, 2.05) is 0 Å². The maximum absolute atomic E-state index is 13.1. The Labute approximate surface area is 170 Å². The van der Waals surface area contributed by atoms with Crippen molar-refractivity contribution in [2.75, 3.05) is 6.61 Å². The SMILES string of the molecule is Cc1cc(O)c2c(c1)C(=O)c1cccc(O[C@@H]3O[C@H](CO)[C@@H](O)[C@H](O)[C@H]3O)c1C2=O. The van der Waals surface area contributed by atoms with Gasteiger partial charge in [0.25, 0.3) is 0 Å². The van der Waals surface area contributed by atoms with Crippen molar-refractivity contribution in [2.24, 2.45) is 0 Å². The van der Waals surface area contributed by atoms with Gasteiger partial charge in [-0.1, -0.05) is 12.1 Å². The van der Waals surface area contributed by atoms with Crippen molar-refractivity contribution in [3.63, 3.8) is 0 Å². The molecular formula is C21H20O9. The molecular weight excluding hydrogens is 396 g/mol. The van der Waals surface area contributed by atoms with Gasteiger partial charge in [-0.15, -0.1) is 0 Å². The van der Waals surface area contributed by atoms with Crippen molar-refractivity contribution in [3.8, 4) is 11.5 Å². The van der Waals surface area contributed by atoms with Crippen LogP contribution in [0.2, 0.25) is 0 Å². The van der Waals surface area contributed by atoms with E-state index in [0.717, 1.165) is 0 Å². The lowest BCUT2D eigenvalue weighted by Gasteiger charge is -2.39. The van der Waals surface area contributed by atoms with E-state index in [0.29, 0.717) is 5.56 Å². The minimum atomic E-state index is -1.68. The standard InChI is InChI=1S/C21H20O9/c1-8-5-10-14(11(23)6-8)18(26)15-9(16(10)24)3-2-4-12(15)29-21-20(28)19(27)17(25)13(7-22)30-21/h2-6,13,17,19-23,25,27-28H,7H2,1H3/t13-,17-,19+,20-,21-/m1/s1. The summed E-state index contributed by atoms with van der Waals surface area (Å²) in [5.74, 6) is -1.56. The van der Waals surface area contributed by atoms with Gasteiger partial charge in [0, 0.05) is 11.1 Å². The Balaban J connectivity index is 1.75. The number of phenolic OH excluding ortho intramolecular Hbond substituents is 1. The molecule has 0 radical (unpaired) electrons. The van der Waals surface area contributed by atoms with Crippen molar-refractivity contribution in [1.29, 1.82) is 0 Å². The number of hydrogen-bond acceptors (Lipinski definition) is 9. The lowest BCUT2D eigenvalue weighted by atomic mass is 9.82. The van der Waals surface area contributed by atoms with Crippen LogP contribution in [-0.4, -0.2) is 74.4 Å². The number of ketones is 2. The lowest BCUT2D eigenvalue weighted by Crippen LogP contribution is -2.60. The first-order valence-corrected chi connectivity index (χ1v) is 9.27. The maximum Gasteiger partial charge on any atom is 0.229 e. The Morgan fingerprint density at radius 2 is 1.70 bits per heavy atom. The molecule has 30 heavy (non-hydrogen) atoms. The largest absolute Gasteiger partial charge is 0.507 e. The van der Waals surface area contributed by atoms with Crippen molar-refractivity contribution in [1.82, 2.24) is 0 Å². The summed E-state index contributed by atoms with van der Waals surface area (Å²) in [5, 5.41) is 49.6. The molecule has 158 valence electrons. The zero-order valence-corrected chi connectivity index (χ0v) is 15.8. The summed E-state index contributed by atoms with van der Waals surface area (Å²) in [6.07, 6.45) is -7.63. The van der Waals surface area contributed by atoms with E-state index in [1.165, 1.54) is 30.3 Å². The summed E-state index contributed by atoms with van der Waals surface area (Å²) >= 11 is 0. The molecule has 0 bridgehead atoms. The van der Waals surface area contributed by atoms with Gasteiger partial charge in [-0.2, -0.15) is 0 Å². The number of hydrogen-bond donors (Lipinski definition) is 5. The van der Waals surface area contributed by atoms with Crippen LogP contribution in [0.25, 0.3) is 0 Å². The van der Waals surface area contributed by atoms with Crippen LogP contribution < -0.4 is 4.74 Å². The number of phenols is 1. The first-order valence-electron chi connectivity index (χ1n) is 9.27. The second-order valence-electron chi connectivity index (χ2n) is 7.36. The Bertz CT molecular complexity index is 1030. The smallest absolute Gasteiger partial charge is 0.229 e. The lowest BCUT2D eigenvalue weighted by molar-refractivity contribution is -0.277. The third kappa shape index (κ3) is 3.08. The number of carbonyl (C=O) groups excluding carboxylic acids is 2. The van der Waals surface area contributed by atoms with Crippen molar-refractivity contribution in [3.05, 3.63) is 58.1 Å². The Morgan fingerprint density at radius 3 is 2.40 bits per heavy atom. The molecule has 1 saturated heterocycles. The molecule has 0 amide bonds. The van der Waals surface area contributed by atoms with Gasteiger partial charge in [-0.05, 0) is 30.7 Å². The molecule has 1 heterocycles. The van der Waals surface area contributed by atoms with Crippen LogP contribution >= 0.6 is 0 Å². The number of aliphatic hydroxyl groups is 4. The number of rotatable bonds is 3. The molecule has 0 saturated carbocycles. The molecule has 1 aliphatic heterocycles. The summed E-state index contributed by atoms with van der Waals surface area (Å²) in [5.41, 5.74) is 0.480. The van der Waals surface area contributed by atoms with Gasteiger partial charge in [-0.25, -0.2) is 0 Å². The van der Waals surface area contributed by atoms with Gasteiger partial charge >= 0.3 is 0 Å². The third-order valence-electron chi connectivity index (χ3n) is 5.32. The molecule has 0 unspecified atom stereocenters. The predicted molar refractivity (Wildman–Crippen MR) is 101 cm³/mol. The Kier molecular flexibility index (Phi) is 5.08. The Hall–Kier alpha value is -2.82. The zero-order valence-electron chi connectivity index (χ0n) is 15.8. The molecule has 9 heteroatoms. The normalized spacial score (nSPS) is 28.1. The van der Waals surface area contributed by atoms with Crippen LogP contribution in [-0.2, 0) is 4.74 Å². The molecule has 0 aromatic heterocycles. The van der Waals surface area contributed by atoms with Crippen LogP contribution in [0.5, 0.6) is 11.5 Å². The fourth-order valence-corrected chi connectivity index (χ4v) is 3.80. The molecule has 0 spiro atoms. The molecule has 2 aliphatic rings. The van der Waals surface area contributed by atoms with E-state index in [2.05, 4.69) is 0 Å². The molecule has 2 aromatic carbocycles. The summed E-state index contributed by atoms with van der Waals surface area (Å²) < 4.78 is 10.9. The second-order valence-corrected chi connectivity index (χ2v) is 7.36. The highest BCUT2D eigenvalue weighted by atomic mass is 16.7. The number of aryl methyl sites for hydroxylation is 1. The van der Waals surface area contributed by atoms with E-state index in [4.69, 9.17) is 9.47 Å². The molecule has 5 N–H and O–H groups in total. The topological polar surface area (TPSA) is 154 Å². The van der Waals surface area contributed by atoms with Crippen LogP contribution in [0.1, 0.15) is 37.4 Å². The first-order chi connectivity index (χ1) is 14.2. The average molecular weight is 416 g/mol. The van der Waals surface area contributed by atoms with E-state index >= 15 is 0 Å². The molecule has 9 nitrogen and oxygen atoms in total. The number of ether oxygens (including phenoxy) is 2. The van der Waals surface area contributed by atoms with Gasteiger partial charge in [-0.3, -0.25) is 9.59 Å². The van der Waals surface area contributed by atoms with Gasteiger partial charge < -0.3 is 35.0 Å². The number of fused-ring (bicyclic) bond motifs is 2. The van der Waals surface area contributed by atoms with E-state index < -0.39 is 48.9 Å². The van der Waals surface area contributed by atoms with E-state index in [9.17, 15) is 35.1 Å². The maximum atomic E-state index is 13.1. The van der Waals surface area contributed by atoms with Crippen molar-refractivity contribution in [2.45, 2.75) is 37.6 Å². The third-order valence-corrected chi connectivity index (χ3v) is 5.32. The van der Waals surface area contributed by atoms with E-state index in [-0.39, 0.29) is 33.8 Å². The number of benzene rings is 2. The number of aromatic hydroxyl groups is 1. The van der Waals surface area contributed by atoms with E-state index in [1.54, 1.807) is 6.92 Å².